The third-order valence-electron chi connectivity index (χ3n) is 2.63. The lowest BCUT2D eigenvalue weighted by molar-refractivity contribution is 0.170. The van der Waals surface area contributed by atoms with E-state index in [0.717, 1.165) is 7.11 Å². The van der Waals surface area contributed by atoms with Gasteiger partial charge in [-0.05, 0) is 0 Å². The zero-order chi connectivity index (χ0) is 17.0. The highest BCUT2D eigenvalue weighted by Crippen LogP contribution is 2.64. The molecule has 2 unspecified atom stereocenters. The zero-order valence-corrected chi connectivity index (χ0v) is 14.2. The fourth-order valence-electron chi connectivity index (χ4n) is 1.74. The van der Waals surface area contributed by atoms with Crippen molar-refractivity contribution in [3.8, 4) is 24.7 Å². The standard InChI is InChI=1S/C11H16O8PS2/c1-4-6-21(13,14)8-10-11(9-22(15,16)7-5-2)19-20(12,17-3)18-10/h1-2,10-12H,6-9H2,3H3. The Hall–Kier alpha value is -0.710. The predicted molar refractivity (Wildman–Crippen MR) is 80.9 cm³/mol. The molecule has 2 atom stereocenters. The molecule has 11 heteroatoms. The molecule has 1 heterocycles. The van der Waals surface area contributed by atoms with Gasteiger partial charge in [-0.15, -0.1) is 12.8 Å². The van der Waals surface area contributed by atoms with Crippen LogP contribution in [0.2, 0.25) is 0 Å². The predicted octanol–water partition coefficient (Wildman–Crippen LogP) is -0.817. The van der Waals surface area contributed by atoms with E-state index in [0.29, 0.717) is 0 Å². The molecule has 22 heavy (non-hydrogen) atoms. The summed E-state index contributed by atoms with van der Waals surface area (Å²) >= 11 is 0. The van der Waals surface area contributed by atoms with E-state index in [1.807, 2.05) is 11.8 Å². The Balaban J connectivity index is 2.97. The first-order valence-corrected chi connectivity index (χ1v) is 11.0. The van der Waals surface area contributed by atoms with Crippen LogP contribution in [0, 0.1) is 24.7 Å². The minimum Gasteiger partial charge on any atom is -0.314 e. The summed E-state index contributed by atoms with van der Waals surface area (Å²) in [4.78, 5) is 9.87. The third-order valence-corrected chi connectivity index (χ3v) is 7.05. The zero-order valence-electron chi connectivity index (χ0n) is 11.7. The lowest BCUT2D eigenvalue weighted by Gasteiger charge is -2.18. The largest absolute Gasteiger partial charge is 0.378 e. The summed E-state index contributed by atoms with van der Waals surface area (Å²) in [5.41, 5.74) is 0. The Morgan fingerprint density at radius 2 is 1.41 bits per heavy atom. The monoisotopic (exact) mass is 371 g/mol. The lowest BCUT2D eigenvalue weighted by Crippen LogP contribution is -2.36. The fourth-order valence-corrected chi connectivity index (χ4v) is 5.58. The van der Waals surface area contributed by atoms with E-state index >= 15 is 0 Å². The Morgan fingerprint density at radius 3 is 1.68 bits per heavy atom. The normalized spacial score (nSPS) is 28.9. The Kier molecular flexibility index (Phi) is 6.36. The molecular weight excluding hydrogens is 355 g/mol. The van der Waals surface area contributed by atoms with Gasteiger partial charge in [0, 0.05) is 7.11 Å². The van der Waals surface area contributed by atoms with Gasteiger partial charge in [0.05, 0.1) is 11.5 Å². The van der Waals surface area contributed by atoms with Gasteiger partial charge >= 0.3 is 8.17 Å². The SMILES string of the molecule is C#CCS(=O)(=O)CC1O[P](O)(OC)OC1CS(=O)(=O)CC#C. The maximum atomic E-state index is 11.8. The van der Waals surface area contributed by atoms with Gasteiger partial charge in [-0.1, -0.05) is 11.8 Å². The van der Waals surface area contributed by atoms with Crippen LogP contribution in [0.15, 0.2) is 0 Å². The minimum absolute atomic E-state index is 0.541. The molecule has 0 amide bonds. The first kappa shape index (κ1) is 19.3. The van der Waals surface area contributed by atoms with Gasteiger partial charge in [0.15, 0.2) is 19.7 Å². The highest BCUT2D eigenvalue weighted by atomic mass is 32.2. The van der Waals surface area contributed by atoms with Crippen LogP contribution >= 0.6 is 8.17 Å². The Morgan fingerprint density at radius 1 is 1.05 bits per heavy atom. The summed E-state index contributed by atoms with van der Waals surface area (Å²) in [5, 5.41) is 0. The molecule has 0 saturated carbocycles. The maximum absolute atomic E-state index is 11.8. The van der Waals surface area contributed by atoms with Crippen LogP contribution in [0.4, 0.5) is 0 Å². The van der Waals surface area contributed by atoms with Gasteiger partial charge in [0.2, 0.25) is 0 Å². The molecule has 0 bridgehead atoms. The van der Waals surface area contributed by atoms with E-state index < -0.39 is 63.1 Å². The van der Waals surface area contributed by atoms with Crippen LogP contribution < -0.4 is 0 Å². The Bertz CT molecular complexity index is 629. The van der Waals surface area contributed by atoms with Crippen LogP contribution in [0.5, 0.6) is 0 Å². The second-order valence-corrected chi connectivity index (χ2v) is 10.4. The van der Waals surface area contributed by atoms with Crippen LogP contribution in [-0.4, -0.2) is 64.1 Å². The average molecular weight is 371 g/mol. The Labute approximate surface area is 130 Å². The van der Waals surface area contributed by atoms with Gasteiger partial charge < -0.3 is 9.42 Å². The molecule has 0 aromatic heterocycles. The van der Waals surface area contributed by atoms with E-state index in [1.165, 1.54) is 0 Å². The molecule has 1 aliphatic rings. The van der Waals surface area contributed by atoms with Crippen LogP contribution in [-0.2, 0) is 33.2 Å². The minimum atomic E-state index is -3.76. The molecule has 1 aliphatic heterocycles. The van der Waals surface area contributed by atoms with Crippen molar-refractivity contribution in [2.75, 3.05) is 30.1 Å². The molecule has 1 fully saturated rings. The molecule has 125 valence electrons. The van der Waals surface area contributed by atoms with E-state index in [-0.39, 0.29) is 0 Å². The highest BCUT2D eigenvalue weighted by molar-refractivity contribution is 7.92. The molecule has 0 aromatic carbocycles. The summed E-state index contributed by atoms with van der Waals surface area (Å²) in [7, 11) is -10.1. The van der Waals surface area contributed by atoms with Crippen molar-refractivity contribution in [2.24, 2.45) is 0 Å². The number of hydrogen-bond donors (Lipinski definition) is 1. The van der Waals surface area contributed by atoms with Crippen molar-refractivity contribution >= 4 is 27.8 Å². The summed E-state index contributed by atoms with van der Waals surface area (Å²) in [5.74, 6) is 1.69. The molecule has 0 aliphatic carbocycles. The average Bonchev–Trinajstić information content (AvgIpc) is 2.64. The molecule has 1 radical (unpaired) electrons. The van der Waals surface area contributed by atoms with Gasteiger partial charge in [-0.3, -0.25) is 9.05 Å². The third kappa shape index (κ3) is 5.49. The highest BCUT2D eigenvalue weighted by Gasteiger charge is 2.49. The quantitative estimate of drug-likeness (QED) is 0.456. The second-order valence-electron chi connectivity index (χ2n) is 4.46. The summed E-state index contributed by atoms with van der Waals surface area (Å²) in [6, 6.07) is 0. The van der Waals surface area contributed by atoms with Gasteiger partial charge in [-0.2, -0.15) is 0 Å². The first-order chi connectivity index (χ1) is 10.1. The number of terminal acetylenes is 2. The van der Waals surface area contributed by atoms with Gasteiger partial charge in [0.25, 0.3) is 0 Å². The second kappa shape index (κ2) is 7.24. The first-order valence-electron chi connectivity index (χ1n) is 5.88. The molecule has 8 nitrogen and oxygen atoms in total. The molecule has 0 spiro atoms. The van der Waals surface area contributed by atoms with Crippen molar-refractivity contribution in [1.29, 1.82) is 0 Å². The van der Waals surface area contributed by atoms with Crippen molar-refractivity contribution in [3.05, 3.63) is 0 Å². The summed E-state index contributed by atoms with van der Waals surface area (Å²) in [6.45, 7) is 0. The van der Waals surface area contributed by atoms with Crippen molar-refractivity contribution in [3.63, 3.8) is 0 Å². The summed E-state index contributed by atoms with van der Waals surface area (Å²) < 4.78 is 61.8. The van der Waals surface area contributed by atoms with Crippen molar-refractivity contribution in [2.45, 2.75) is 12.2 Å². The molecule has 1 rings (SSSR count). The van der Waals surface area contributed by atoms with E-state index in [9.17, 15) is 21.7 Å². The topological polar surface area (TPSA) is 116 Å². The van der Waals surface area contributed by atoms with Crippen molar-refractivity contribution < 1.29 is 35.3 Å². The molecule has 1 N–H and O–H groups in total. The van der Waals surface area contributed by atoms with Crippen LogP contribution in [0.3, 0.4) is 0 Å². The number of sulfone groups is 2. The van der Waals surface area contributed by atoms with Crippen molar-refractivity contribution in [1.82, 2.24) is 0 Å². The van der Waals surface area contributed by atoms with Crippen LogP contribution in [0.25, 0.3) is 0 Å². The number of rotatable bonds is 7. The molecular formula is C11H16O8PS2. The smallest absolute Gasteiger partial charge is 0.314 e. The molecule has 0 aromatic rings. The lowest BCUT2D eigenvalue weighted by atomic mass is 10.3. The van der Waals surface area contributed by atoms with E-state index in [4.69, 9.17) is 21.9 Å². The van der Waals surface area contributed by atoms with E-state index in [1.54, 1.807) is 0 Å². The summed E-state index contributed by atoms with van der Waals surface area (Å²) in [6.07, 6.45) is 7.48. The number of hydrogen-bond acceptors (Lipinski definition) is 8. The molecule has 1 saturated heterocycles. The van der Waals surface area contributed by atoms with Gasteiger partial charge in [0.1, 0.15) is 23.7 Å². The van der Waals surface area contributed by atoms with Crippen LogP contribution in [0.1, 0.15) is 0 Å². The van der Waals surface area contributed by atoms with Gasteiger partial charge in [-0.25, -0.2) is 16.8 Å². The maximum Gasteiger partial charge on any atom is 0.378 e. The fraction of sp³-hybridized carbons (Fsp3) is 0.636. The van der Waals surface area contributed by atoms with E-state index in [2.05, 4.69) is 4.52 Å².